The minimum Gasteiger partial charge on any atom is -0.491 e. The van der Waals surface area contributed by atoms with Gasteiger partial charge in [0.25, 0.3) is 0 Å². The molecule has 0 aliphatic carbocycles. The minimum absolute atomic E-state index is 0.0802. The summed E-state index contributed by atoms with van der Waals surface area (Å²) in [5, 5.41) is 3.81. The molecule has 0 radical (unpaired) electrons. The number of ether oxygens (including phenoxy) is 1. The van der Waals surface area contributed by atoms with E-state index in [1.807, 2.05) is 0 Å². The Morgan fingerprint density at radius 3 is 2.62 bits per heavy atom. The maximum Gasteiger partial charge on any atom is 0.224 e. The minimum atomic E-state index is -2.66. The predicted octanol–water partition coefficient (Wildman–Crippen LogP) is 3.07. The van der Waals surface area contributed by atoms with E-state index in [2.05, 4.69) is 25.3 Å². The van der Waals surface area contributed by atoms with E-state index >= 15 is 0 Å². The summed E-state index contributed by atoms with van der Waals surface area (Å²) in [5.41, 5.74) is 1.88. The zero-order chi connectivity index (χ0) is 17.3. The molecule has 3 aromatic rings. The van der Waals surface area contributed by atoms with E-state index in [1.165, 1.54) is 13.3 Å². The van der Waals surface area contributed by atoms with Gasteiger partial charge in [0.1, 0.15) is 12.7 Å². The Hall–Kier alpha value is -2.24. The van der Waals surface area contributed by atoms with Gasteiger partial charge < -0.3 is 14.6 Å². The Balaban J connectivity index is 2.20. The fourth-order valence-electron chi connectivity index (χ4n) is 2.38. The van der Waals surface area contributed by atoms with Crippen LogP contribution in [-0.2, 0) is 4.57 Å². The standard InChI is InChI=1S/C15H15ClN5O2P/c1-23-11-8-19-15(16)21-14(11)20-10-5-4-9-12(18-7-6-17-9)13(10)24(2,3)22/h4-8H,1-3H3,(H,19,20,21). The summed E-state index contributed by atoms with van der Waals surface area (Å²) in [6.07, 6.45) is 4.64. The number of nitrogens with one attached hydrogen (secondary N) is 1. The van der Waals surface area contributed by atoms with Gasteiger partial charge in [-0.05, 0) is 37.1 Å². The van der Waals surface area contributed by atoms with E-state index in [1.54, 1.807) is 37.9 Å². The van der Waals surface area contributed by atoms with Crippen molar-refractivity contribution in [1.82, 2.24) is 19.9 Å². The zero-order valence-electron chi connectivity index (χ0n) is 13.3. The maximum absolute atomic E-state index is 12.9. The number of methoxy groups -OCH3 is 1. The topological polar surface area (TPSA) is 89.9 Å². The number of aromatic nitrogens is 4. The number of hydrogen-bond acceptors (Lipinski definition) is 7. The fourth-order valence-corrected chi connectivity index (χ4v) is 3.91. The van der Waals surface area contributed by atoms with Crippen molar-refractivity contribution in [1.29, 1.82) is 0 Å². The highest BCUT2D eigenvalue weighted by atomic mass is 35.5. The van der Waals surface area contributed by atoms with Crippen molar-refractivity contribution < 1.29 is 9.30 Å². The molecule has 0 amide bonds. The molecule has 2 aromatic heterocycles. The van der Waals surface area contributed by atoms with Gasteiger partial charge in [0.05, 0.1) is 29.8 Å². The summed E-state index contributed by atoms with van der Waals surface area (Å²) in [4.78, 5) is 16.6. The quantitative estimate of drug-likeness (QED) is 0.562. The first-order valence-corrected chi connectivity index (χ1v) is 10.0. The second-order valence-electron chi connectivity index (χ2n) is 5.42. The molecule has 9 heteroatoms. The lowest BCUT2D eigenvalue weighted by Gasteiger charge is -2.17. The predicted molar refractivity (Wildman–Crippen MR) is 95.5 cm³/mol. The molecule has 3 rings (SSSR count). The number of halogens is 1. The Morgan fingerprint density at radius 2 is 1.92 bits per heavy atom. The lowest BCUT2D eigenvalue weighted by Crippen LogP contribution is -2.13. The van der Waals surface area contributed by atoms with Crippen LogP contribution in [0.5, 0.6) is 5.75 Å². The number of hydrogen-bond donors (Lipinski definition) is 1. The summed E-state index contributed by atoms with van der Waals surface area (Å²) in [7, 11) is -1.15. The second kappa shape index (κ2) is 6.34. The largest absolute Gasteiger partial charge is 0.491 e. The number of rotatable bonds is 4. The van der Waals surface area contributed by atoms with Crippen LogP contribution in [0.25, 0.3) is 11.0 Å². The van der Waals surface area contributed by atoms with Crippen molar-refractivity contribution in [2.75, 3.05) is 25.8 Å². The lowest BCUT2D eigenvalue weighted by atomic mass is 10.2. The van der Waals surface area contributed by atoms with Crippen molar-refractivity contribution in [3.8, 4) is 5.75 Å². The first-order valence-electron chi connectivity index (χ1n) is 7.03. The van der Waals surface area contributed by atoms with E-state index in [4.69, 9.17) is 16.3 Å². The average molecular weight is 364 g/mol. The van der Waals surface area contributed by atoms with E-state index in [0.29, 0.717) is 33.6 Å². The van der Waals surface area contributed by atoms with Crippen LogP contribution in [-0.4, -0.2) is 40.4 Å². The molecular formula is C15H15ClN5O2P. The van der Waals surface area contributed by atoms with Crippen LogP contribution in [0.15, 0.2) is 30.7 Å². The monoisotopic (exact) mass is 363 g/mol. The Kier molecular flexibility index (Phi) is 4.39. The maximum atomic E-state index is 12.9. The first kappa shape index (κ1) is 16.6. The van der Waals surface area contributed by atoms with Gasteiger partial charge >= 0.3 is 0 Å². The van der Waals surface area contributed by atoms with Crippen LogP contribution in [0.3, 0.4) is 0 Å². The molecule has 0 spiro atoms. The van der Waals surface area contributed by atoms with Gasteiger partial charge in [0.2, 0.25) is 5.28 Å². The van der Waals surface area contributed by atoms with Gasteiger partial charge in [-0.3, -0.25) is 9.97 Å². The van der Waals surface area contributed by atoms with Crippen molar-refractivity contribution >= 4 is 46.6 Å². The number of benzene rings is 1. The first-order chi connectivity index (χ1) is 11.4. The molecular weight excluding hydrogens is 349 g/mol. The van der Waals surface area contributed by atoms with Crippen LogP contribution in [0.1, 0.15) is 0 Å². The molecule has 24 heavy (non-hydrogen) atoms. The molecule has 124 valence electrons. The zero-order valence-corrected chi connectivity index (χ0v) is 15.0. The second-order valence-corrected chi connectivity index (χ2v) is 8.90. The summed E-state index contributed by atoms with van der Waals surface area (Å²) in [6.45, 7) is 3.37. The highest BCUT2D eigenvalue weighted by Crippen LogP contribution is 2.41. The molecule has 1 aromatic carbocycles. The number of anilines is 2. The van der Waals surface area contributed by atoms with Gasteiger partial charge in [-0.25, -0.2) is 4.98 Å². The third kappa shape index (κ3) is 3.18. The summed E-state index contributed by atoms with van der Waals surface area (Å²) in [5.74, 6) is 0.807. The molecule has 0 bridgehead atoms. The van der Waals surface area contributed by atoms with E-state index in [0.717, 1.165) is 0 Å². The molecule has 0 fully saturated rings. The Labute approximate surface area is 143 Å². The van der Waals surface area contributed by atoms with Gasteiger partial charge in [-0.2, -0.15) is 4.98 Å². The van der Waals surface area contributed by atoms with Gasteiger partial charge in [0, 0.05) is 12.4 Å². The Morgan fingerprint density at radius 1 is 1.17 bits per heavy atom. The normalized spacial score (nSPS) is 11.5. The third-order valence-corrected chi connectivity index (χ3v) is 5.06. The lowest BCUT2D eigenvalue weighted by molar-refractivity contribution is 0.413. The van der Waals surface area contributed by atoms with E-state index in [9.17, 15) is 4.57 Å². The highest BCUT2D eigenvalue weighted by Gasteiger charge is 2.22. The summed E-state index contributed by atoms with van der Waals surface area (Å²) >= 11 is 5.87. The molecule has 0 atom stereocenters. The molecule has 0 aliphatic rings. The van der Waals surface area contributed by atoms with Crippen LogP contribution >= 0.6 is 18.7 Å². The van der Waals surface area contributed by atoms with Gasteiger partial charge in [-0.1, -0.05) is 0 Å². The van der Waals surface area contributed by atoms with Crippen molar-refractivity contribution in [2.45, 2.75) is 0 Å². The molecule has 7 nitrogen and oxygen atoms in total. The molecule has 0 saturated heterocycles. The smallest absolute Gasteiger partial charge is 0.224 e. The van der Waals surface area contributed by atoms with Crippen molar-refractivity contribution in [3.05, 3.63) is 36.0 Å². The van der Waals surface area contributed by atoms with Crippen LogP contribution in [0.4, 0.5) is 11.5 Å². The highest BCUT2D eigenvalue weighted by molar-refractivity contribution is 7.71. The molecule has 2 heterocycles. The van der Waals surface area contributed by atoms with Gasteiger partial charge in [-0.15, -0.1) is 0 Å². The molecule has 0 aliphatic heterocycles. The van der Waals surface area contributed by atoms with Crippen LogP contribution in [0.2, 0.25) is 5.28 Å². The number of nitrogens with zero attached hydrogens (tertiary/aromatic N) is 4. The third-order valence-electron chi connectivity index (χ3n) is 3.35. The van der Waals surface area contributed by atoms with Gasteiger partial charge in [0.15, 0.2) is 11.6 Å². The van der Waals surface area contributed by atoms with Crippen molar-refractivity contribution in [3.63, 3.8) is 0 Å². The molecule has 0 saturated carbocycles. The van der Waals surface area contributed by atoms with Crippen LogP contribution < -0.4 is 15.4 Å². The summed E-state index contributed by atoms with van der Waals surface area (Å²) < 4.78 is 18.1. The fraction of sp³-hybridized carbons (Fsp3) is 0.200. The SMILES string of the molecule is COc1cnc(Cl)nc1Nc1ccc2nccnc2c1P(C)(C)=O. The number of fused-ring (bicyclic) bond motifs is 1. The Bertz CT molecular complexity index is 960. The van der Waals surface area contributed by atoms with E-state index in [-0.39, 0.29) is 5.28 Å². The summed E-state index contributed by atoms with van der Waals surface area (Å²) in [6, 6.07) is 3.60. The molecule has 0 unspecified atom stereocenters. The van der Waals surface area contributed by atoms with E-state index < -0.39 is 7.14 Å². The van der Waals surface area contributed by atoms with Crippen molar-refractivity contribution in [2.24, 2.45) is 0 Å². The average Bonchev–Trinajstić information content (AvgIpc) is 2.53. The van der Waals surface area contributed by atoms with Crippen LogP contribution in [0, 0.1) is 0 Å². The molecule has 1 N–H and O–H groups in total.